The Hall–Kier alpha value is -1.68. The molecule has 0 bridgehead atoms. The predicted molar refractivity (Wildman–Crippen MR) is 79.4 cm³/mol. The Morgan fingerprint density at radius 3 is 2.65 bits per heavy atom. The second-order valence-corrected chi connectivity index (χ2v) is 5.21. The van der Waals surface area contributed by atoms with Crippen LogP contribution in [-0.4, -0.2) is 16.7 Å². The number of hydrogen-bond acceptors (Lipinski definition) is 4. The Labute approximate surface area is 120 Å². The van der Waals surface area contributed by atoms with Gasteiger partial charge in [-0.2, -0.15) is 4.98 Å². The average Bonchev–Trinajstić information content (AvgIpc) is 2.94. The molecule has 1 aromatic carbocycles. The van der Waals surface area contributed by atoms with Crippen molar-refractivity contribution in [3.8, 4) is 0 Å². The van der Waals surface area contributed by atoms with Crippen LogP contribution in [0.15, 0.2) is 34.9 Å². The first kappa shape index (κ1) is 14.7. The van der Waals surface area contributed by atoms with Crippen molar-refractivity contribution in [3.05, 3.63) is 47.6 Å². The molecule has 0 saturated heterocycles. The summed E-state index contributed by atoms with van der Waals surface area (Å²) in [6.07, 6.45) is 2.74. The monoisotopic (exact) mass is 273 g/mol. The molecule has 0 aliphatic rings. The van der Waals surface area contributed by atoms with Gasteiger partial charge < -0.3 is 10.3 Å². The largest absolute Gasteiger partial charge is 0.339 e. The van der Waals surface area contributed by atoms with E-state index in [-0.39, 0.29) is 5.92 Å². The molecule has 108 valence electrons. The van der Waals surface area contributed by atoms with Crippen LogP contribution in [0.5, 0.6) is 0 Å². The molecule has 4 heteroatoms. The van der Waals surface area contributed by atoms with E-state index in [0.29, 0.717) is 12.5 Å². The van der Waals surface area contributed by atoms with Crippen LogP contribution in [0.1, 0.15) is 49.9 Å². The molecule has 0 fully saturated rings. The standard InChI is InChI=1S/C16H23N3O/c1-3-12(2)15(13-8-5-4-6-9-13)16-18-14(19-20-16)10-7-11-17/h4-6,8-9,12,15H,3,7,10-11,17H2,1-2H3. The van der Waals surface area contributed by atoms with Crippen LogP contribution in [0.2, 0.25) is 0 Å². The number of aryl methyl sites for hydroxylation is 1. The Kier molecular flexibility index (Phi) is 5.30. The molecule has 2 N–H and O–H groups in total. The number of nitrogens with zero attached hydrogens (tertiary/aromatic N) is 2. The minimum Gasteiger partial charge on any atom is -0.339 e. The van der Waals surface area contributed by atoms with Gasteiger partial charge in [-0.05, 0) is 24.4 Å². The van der Waals surface area contributed by atoms with Crippen molar-refractivity contribution in [3.63, 3.8) is 0 Å². The second kappa shape index (κ2) is 7.20. The number of hydrogen-bond donors (Lipinski definition) is 1. The van der Waals surface area contributed by atoms with E-state index in [0.717, 1.165) is 31.0 Å². The molecular formula is C16H23N3O. The van der Waals surface area contributed by atoms with Crippen molar-refractivity contribution >= 4 is 0 Å². The highest BCUT2D eigenvalue weighted by molar-refractivity contribution is 5.25. The first-order chi connectivity index (χ1) is 9.76. The van der Waals surface area contributed by atoms with Gasteiger partial charge in [0.25, 0.3) is 0 Å². The molecule has 0 saturated carbocycles. The van der Waals surface area contributed by atoms with Crippen LogP contribution in [0.3, 0.4) is 0 Å². The Morgan fingerprint density at radius 2 is 2.00 bits per heavy atom. The van der Waals surface area contributed by atoms with E-state index in [1.54, 1.807) is 0 Å². The quantitative estimate of drug-likeness (QED) is 0.841. The van der Waals surface area contributed by atoms with Crippen molar-refractivity contribution in [1.29, 1.82) is 0 Å². The summed E-state index contributed by atoms with van der Waals surface area (Å²) in [5.41, 5.74) is 6.75. The van der Waals surface area contributed by atoms with Crippen LogP contribution >= 0.6 is 0 Å². The van der Waals surface area contributed by atoms with Gasteiger partial charge >= 0.3 is 0 Å². The highest BCUT2D eigenvalue weighted by atomic mass is 16.5. The molecule has 2 unspecified atom stereocenters. The molecule has 0 aliphatic carbocycles. The number of rotatable bonds is 7. The lowest BCUT2D eigenvalue weighted by atomic mass is 9.85. The number of nitrogens with two attached hydrogens (primary N) is 1. The lowest BCUT2D eigenvalue weighted by Gasteiger charge is -2.19. The zero-order chi connectivity index (χ0) is 14.4. The van der Waals surface area contributed by atoms with E-state index in [2.05, 4.69) is 48.3 Å². The summed E-state index contributed by atoms with van der Waals surface area (Å²) >= 11 is 0. The van der Waals surface area contributed by atoms with E-state index in [4.69, 9.17) is 10.3 Å². The first-order valence-electron chi connectivity index (χ1n) is 7.33. The molecule has 2 atom stereocenters. The Balaban J connectivity index is 2.25. The molecule has 20 heavy (non-hydrogen) atoms. The Morgan fingerprint density at radius 1 is 1.25 bits per heavy atom. The van der Waals surface area contributed by atoms with E-state index >= 15 is 0 Å². The lowest BCUT2D eigenvalue weighted by molar-refractivity contribution is 0.328. The zero-order valence-electron chi connectivity index (χ0n) is 12.2. The van der Waals surface area contributed by atoms with Gasteiger partial charge in [0.15, 0.2) is 5.82 Å². The lowest BCUT2D eigenvalue weighted by Crippen LogP contribution is -2.11. The highest BCUT2D eigenvalue weighted by Crippen LogP contribution is 2.32. The summed E-state index contributed by atoms with van der Waals surface area (Å²) in [5.74, 6) is 2.10. The summed E-state index contributed by atoms with van der Waals surface area (Å²) < 4.78 is 5.50. The van der Waals surface area contributed by atoms with Crippen LogP contribution in [-0.2, 0) is 6.42 Å². The van der Waals surface area contributed by atoms with Crippen LogP contribution in [0, 0.1) is 5.92 Å². The molecule has 2 rings (SSSR count). The van der Waals surface area contributed by atoms with E-state index in [9.17, 15) is 0 Å². The third-order valence-corrected chi connectivity index (χ3v) is 3.73. The van der Waals surface area contributed by atoms with Gasteiger partial charge in [-0.15, -0.1) is 0 Å². The van der Waals surface area contributed by atoms with E-state index in [1.165, 1.54) is 5.56 Å². The van der Waals surface area contributed by atoms with E-state index in [1.807, 2.05) is 6.07 Å². The molecule has 2 aromatic rings. The molecule has 0 radical (unpaired) electrons. The van der Waals surface area contributed by atoms with Crippen molar-refractivity contribution in [2.75, 3.05) is 6.54 Å². The fourth-order valence-electron chi connectivity index (χ4n) is 2.37. The molecule has 0 amide bonds. The SMILES string of the molecule is CCC(C)C(c1ccccc1)c1nc(CCCN)no1. The van der Waals surface area contributed by atoms with Gasteiger partial charge in [0.1, 0.15) is 0 Å². The first-order valence-corrected chi connectivity index (χ1v) is 7.33. The van der Waals surface area contributed by atoms with Crippen molar-refractivity contribution in [1.82, 2.24) is 10.1 Å². The van der Waals surface area contributed by atoms with Gasteiger partial charge in [-0.1, -0.05) is 55.8 Å². The molecular weight excluding hydrogens is 250 g/mol. The third-order valence-electron chi connectivity index (χ3n) is 3.73. The number of benzene rings is 1. The highest BCUT2D eigenvalue weighted by Gasteiger charge is 2.25. The molecule has 1 aromatic heterocycles. The fraction of sp³-hybridized carbons (Fsp3) is 0.500. The average molecular weight is 273 g/mol. The summed E-state index contributed by atoms with van der Waals surface area (Å²) in [6.45, 7) is 5.06. The third kappa shape index (κ3) is 3.45. The molecule has 0 spiro atoms. The van der Waals surface area contributed by atoms with Crippen LogP contribution in [0.4, 0.5) is 0 Å². The molecule has 1 heterocycles. The van der Waals surface area contributed by atoms with Gasteiger partial charge in [0.2, 0.25) is 5.89 Å². The molecule has 0 aliphatic heterocycles. The van der Waals surface area contributed by atoms with Crippen molar-refractivity contribution in [2.45, 2.75) is 39.0 Å². The van der Waals surface area contributed by atoms with Crippen molar-refractivity contribution in [2.24, 2.45) is 11.7 Å². The number of aromatic nitrogens is 2. The van der Waals surface area contributed by atoms with E-state index < -0.39 is 0 Å². The maximum atomic E-state index is 5.52. The summed E-state index contributed by atoms with van der Waals surface area (Å²) in [5, 5.41) is 4.08. The summed E-state index contributed by atoms with van der Waals surface area (Å²) in [4.78, 5) is 4.56. The second-order valence-electron chi connectivity index (χ2n) is 5.21. The Bertz CT molecular complexity index is 509. The maximum absolute atomic E-state index is 5.52. The molecule has 4 nitrogen and oxygen atoms in total. The predicted octanol–water partition coefficient (Wildman–Crippen LogP) is 3.14. The maximum Gasteiger partial charge on any atom is 0.234 e. The van der Waals surface area contributed by atoms with Gasteiger partial charge in [0.05, 0.1) is 5.92 Å². The minimum atomic E-state index is 0.167. The van der Waals surface area contributed by atoms with Crippen molar-refractivity contribution < 1.29 is 4.52 Å². The van der Waals surface area contributed by atoms with Crippen LogP contribution < -0.4 is 5.73 Å². The fourth-order valence-corrected chi connectivity index (χ4v) is 2.37. The van der Waals surface area contributed by atoms with Gasteiger partial charge in [-0.3, -0.25) is 0 Å². The van der Waals surface area contributed by atoms with Crippen LogP contribution in [0.25, 0.3) is 0 Å². The van der Waals surface area contributed by atoms with Gasteiger partial charge in [0, 0.05) is 6.42 Å². The topological polar surface area (TPSA) is 64.9 Å². The smallest absolute Gasteiger partial charge is 0.234 e. The zero-order valence-corrected chi connectivity index (χ0v) is 12.2. The van der Waals surface area contributed by atoms with Gasteiger partial charge in [-0.25, -0.2) is 0 Å². The minimum absolute atomic E-state index is 0.167. The normalized spacial score (nSPS) is 14.2. The summed E-state index contributed by atoms with van der Waals surface area (Å²) in [7, 11) is 0. The summed E-state index contributed by atoms with van der Waals surface area (Å²) in [6, 6.07) is 10.4.